The van der Waals surface area contributed by atoms with Crippen LogP contribution in [-0.4, -0.2) is 70.6 Å². The van der Waals surface area contributed by atoms with E-state index in [0.717, 1.165) is 36.2 Å². The molecule has 2 aromatic rings. The summed E-state index contributed by atoms with van der Waals surface area (Å²) in [4.78, 5) is 43.5. The Bertz CT molecular complexity index is 1170. The summed E-state index contributed by atoms with van der Waals surface area (Å²) in [5.41, 5.74) is 9.13. The summed E-state index contributed by atoms with van der Waals surface area (Å²) in [6.45, 7) is 3.99. The van der Waals surface area contributed by atoms with Crippen LogP contribution in [0.5, 0.6) is 0 Å². The number of carbonyl (C=O) groups excluding carboxylic acids is 3. The average Bonchev–Trinajstić information content (AvgIpc) is 2.87. The smallest absolute Gasteiger partial charge is 0.246 e. The molecule has 0 saturated carbocycles. The summed E-state index contributed by atoms with van der Waals surface area (Å²) >= 11 is 6.09. The summed E-state index contributed by atoms with van der Waals surface area (Å²) in [5.74, 6) is -0.995. The molecule has 5 N–H and O–H groups in total. The highest BCUT2D eigenvalue weighted by Gasteiger charge is 2.36. The maximum atomic E-state index is 13.6. The van der Waals surface area contributed by atoms with Crippen molar-refractivity contribution in [2.45, 2.75) is 63.9 Å². The number of amides is 3. The molecule has 4 rings (SSSR count). The highest BCUT2D eigenvalue weighted by atomic mass is 35.5. The molecule has 1 saturated heterocycles. The zero-order valence-electron chi connectivity index (χ0n) is 21.7. The number of halogens is 1. The lowest BCUT2D eigenvalue weighted by atomic mass is 9.92. The lowest BCUT2D eigenvalue weighted by Gasteiger charge is -2.38. The van der Waals surface area contributed by atoms with Gasteiger partial charge in [-0.3, -0.25) is 19.3 Å². The molecule has 2 aromatic carbocycles. The van der Waals surface area contributed by atoms with Crippen molar-refractivity contribution in [2.24, 2.45) is 5.73 Å². The van der Waals surface area contributed by atoms with Crippen LogP contribution in [0.3, 0.4) is 0 Å². The molecule has 9 nitrogen and oxygen atoms in total. The Morgan fingerprint density at radius 1 is 1.13 bits per heavy atom. The van der Waals surface area contributed by atoms with E-state index in [1.807, 2.05) is 36.1 Å². The molecular formula is C28H36ClN5O4. The topological polar surface area (TPSA) is 128 Å². The fourth-order valence-corrected chi connectivity index (χ4v) is 5.01. The molecule has 2 heterocycles. The van der Waals surface area contributed by atoms with E-state index in [4.69, 9.17) is 17.3 Å². The Morgan fingerprint density at radius 3 is 2.53 bits per heavy atom. The number of aryl methyl sites for hydroxylation is 1. The minimum Gasteiger partial charge on any atom is -0.378 e. The number of hydrogen-bond acceptors (Lipinski definition) is 6. The van der Waals surface area contributed by atoms with Crippen molar-refractivity contribution in [1.82, 2.24) is 15.1 Å². The number of nitrogens with two attached hydrogens (primary N) is 1. The molecular weight excluding hydrogens is 506 g/mol. The molecule has 0 bridgehead atoms. The fraction of sp³-hybridized carbons (Fsp3) is 0.464. The minimum absolute atomic E-state index is 0.131. The zero-order chi connectivity index (χ0) is 27.2. The number of likely N-dealkylation sites (tertiary alicyclic amines) is 1. The Labute approximate surface area is 228 Å². The molecule has 1 unspecified atom stereocenters. The summed E-state index contributed by atoms with van der Waals surface area (Å²) < 4.78 is 0. The molecule has 3 atom stereocenters. The molecule has 0 aliphatic carbocycles. The number of anilines is 1. The first-order chi connectivity index (χ1) is 18.3. The van der Waals surface area contributed by atoms with E-state index in [1.165, 1.54) is 0 Å². The molecule has 0 spiro atoms. The third-order valence-corrected chi connectivity index (χ3v) is 7.74. The van der Waals surface area contributed by atoms with Crippen molar-refractivity contribution in [1.29, 1.82) is 0 Å². The predicted octanol–water partition coefficient (Wildman–Crippen LogP) is 2.18. The van der Waals surface area contributed by atoms with E-state index in [9.17, 15) is 19.5 Å². The van der Waals surface area contributed by atoms with Crippen molar-refractivity contribution in [3.63, 3.8) is 0 Å². The van der Waals surface area contributed by atoms with Crippen LogP contribution in [-0.2, 0) is 27.3 Å². The molecule has 2 aliphatic heterocycles. The third kappa shape index (κ3) is 6.71. The van der Waals surface area contributed by atoms with Crippen LogP contribution in [0, 0.1) is 6.92 Å². The highest BCUT2D eigenvalue weighted by Crippen LogP contribution is 2.26. The highest BCUT2D eigenvalue weighted by molar-refractivity contribution is 6.31. The second-order valence-corrected chi connectivity index (χ2v) is 10.4. The largest absolute Gasteiger partial charge is 0.378 e. The summed E-state index contributed by atoms with van der Waals surface area (Å²) in [7, 11) is 0. The first-order valence-corrected chi connectivity index (χ1v) is 13.5. The number of nitrogens with one attached hydrogen (secondary N) is 2. The van der Waals surface area contributed by atoms with Gasteiger partial charge in [-0.1, -0.05) is 35.9 Å². The Balaban J connectivity index is 1.47. The van der Waals surface area contributed by atoms with Crippen LogP contribution in [0.1, 0.15) is 42.4 Å². The molecule has 0 radical (unpaired) electrons. The van der Waals surface area contributed by atoms with Gasteiger partial charge in [-0.2, -0.15) is 0 Å². The number of benzene rings is 2. The van der Waals surface area contributed by atoms with E-state index >= 15 is 0 Å². The third-order valence-electron chi connectivity index (χ3n) is 7.31. The van der Waals surface area contributed by atoms with Crippen LogP contribution in [0.15, 0.2) is 42.5 Å². The second-order valence-electron chi connectivity index (χ2n) is 10.0. The molecule has 3 amide bonds. The SMILES string of the molecule is Cc1cc(NC(=O)[C@H](CCN)NC(=O)[C@@H]2Cc3ccccc3CN2C(=O)CCC(O)N2CCC2)ccc1Cl. The van der Waals surface area contributed by atoms with Gasteiger partial charge < -0.3 is 26.4 Å². The first-order valence-electron chi connectivity index (χ1n) is 13.1. The molecule has 204 valence electrons. The number of fused-ring (bicyclic) bond motifs is 1. The van der Waals surface area contributed by atoms with Gasteiger partial charge in [-0.05, 0) is 67.6 Å². The van der Waals surface area contributed by atoms with Gasteiger partial charge in [0.05, 0.1) is 0 Å². The number of aliphatic hydroxyl groups is 1. The van der Waals surface area contributed by atoms with Gasteiger partial charge >= 0.3 is 0 Å². The average molecular weight is 542 g/mol. The fourth-order valence-electron chi connectivity index (χ4n) is 4.89. The van der Waals surface area contributed by atoms with Crippen molar-refractivity contribution in [3.8, 4) is 0 Å². The van der Waals surface area contributed by atoms with Crippen LogP contribution in [0.2, 0.25) is 5.02 Å². The summed E-state index contributed by atoms with van der Waals surface area (Å²) in [6.07, 6.45) is 1.41. The monoisotopic (exact) mass is 541 g/mol. The molecule has 10 heteroatoms. The number of aliphatic hydroxyl groups excluding tert-OH is 1. The first kappa shape index (κ1) is 28.0. The van der Waals surface area contributed by atoms with Crippen LogP contribution < -0.4 is 16.4 Å². The van der Waals surface area contributed by atoms with E-state index in [1.54, 1.807) is 23.1 Å². The molecule has 1 fully saturated rings. The van der Waals surface area contributed by atoms with Crippen LogP contribution >= 0.6 is 11.6 Å². The van der Waals surface area contributed by atoms with Gasteiger partial charge in [-0.15, -0.1) is 0 Å². The number of rotatable bonds is 10. The van der Waals surface area contributed by atoms with Crippen molar-refractivity contribution in [2.75, 3.05) is 25.0 Å². The van der Waals surface area contributed by atoms with E-state index < -0.39 is 30.1 Å². The Morgan fingerprint density at radius 2 is 1.87 bits per heavy atom. The maximum absolute atomic E-state index is 13.6. The van der Waals surface area contributed by atoms with Crippen molar-refractivity contribution >= 4 is 35.0 Å². The van der Waals surface area contributed by atoms with Crippen molar-refractivity contribution in [3.05, 3.63) is 64.2 Å². The number of carbonyl (C=O) groups is 3. The van der Waals surface area contributed by atoms with Gasteiger partial charge in [0, 0.05) is 43.2 Å². The summed E-state index contributed by atoms with van der Waals surface area (Å²) in [6, 6.07) is 11.2. The maximum Gasteiger partial charge on any atom is 0.246 e. The van der Waals surface area contributed by atoms with E-state index in [-0.39, 0.29) is 25.3 Å². The Kier molecular flexibility index (Phi) is 9.38. The van der Waals surface area contributed by atoms with Gasteiger partial charge in [0.2, 0.25) is 17.7 Å². The lowest BCUT2D eigenvalue weighted by molar-refractivity contribution is -0.143. The summed E-state index contributed by atoms with van der Waals surface area (Å²) in [5, 5.41) is 16.6. The Hall–Kier alpha value is -2.98. The predicted molar refractivity (Wildman–Crippen MR) is 146 cm³/mol. The number of nitrogens with zero attached hydrogens (tertiary/aromatic N) is 2. The standard InChI is InChI=1S/C28H36ClN5O4/c1-18-15-21(7-8-22(18)29)31-27(37)23(11-12-30)32-28(38)24-16-19-5-2-3-6-20(19)17-34(24)26(36)10-9-25(35)33-13-4-14-33/h2-3,5-8,15,23-25,35H,4,9-14,16-17,30H2,1H3,(H,31,37)(H,32,38)/t23-,24-,25?/m0/s1. The van der Waals surface area contributed by atoms with Crippen molar-refractivity contribution < 1.29 is 19.5 Å². The van der Waals surface area contributed by atoms with Gasteiger partial charge in [-0.25, -0.2) is 0 Å². The van der Waals surface area contributed by atoms with Gasteiger partial charge in [0.15, 0.2) is 0 Å². The van der Waals surface area contributed by atoms with Gasteiger partial charge in [0.1, 0.15) is 18.3 Å². The van der Waals surface area contributed by atoms with Gasteiger partial charge in [0.25, 0.3) is 0 Å². The molecule has 0 aromatic heterocycles. The van der Waals surface area contributed by atoms with E-state index in [0.29, 0.717) is 30.1 Å². The molecule has 38 heavy (non-hydrogen) atoms. The zero-order valence-corrected chi connectivity index (χ0v) is 22.4. The second kappa shape index (κ2) is 12.7. The van der Waals surface area contributed by atoms with E-state index in [2.05, 4.69) is 10.6 Å². The molecule has 2 aliphatic rings. The number of hydrogen-bond donors (Lipinski definition) is 4. The van der Waals surface area contributed by atoms with Crippen LogP contribution in [0.25, 0.3) is 0 Å². The normalized spacial score (nSPS) is 18.6. The lowest BCUT2D eigenvalue weighted by Crippen LogP contribution is -2.56. The van der Waals surface area contributed by atoms with Crippen LogP contribution in [0.4, 0.5) is 5.69 Å². The minimum atomic E-state index is -0.870. The quantitative estimate of drug-likeness (QED) is 0.365.